The first kappa shape index (κ1) is 10.8. The van der Waals surface area contributed by atoms with E-state index >= 15 is 0 Å². The minimum Gasteiger partial charge on any atom is -0.486 e. The van der Waals surface area contributed by atoms with E-state index in [4.69, 9.17) is 9.47 Å². The number of aromatic nitrogens is 2. The third kappa shape index (κ3) is 2.17. The van der Waals surface area contributed by atoms with Gasteiger partial charge in [-0.2, -0.15) is 4.39 Å². The average molecular weight is 247 g/mol. The first-order valence-corrected chi connectivity index (χ1v) is 5.45. The van der Waals surface area contributed by atoms with Crippen LogP contribution in [0.2, 0.25) is 0 Å². The Morgan fingerprint density at radius 2 is 1.89 bits per heavy atom. The molecule has 92 valence electrons. The fraction of sp³-hybridized carbons (Fsp3) is 0.167. The zero-order valence-electron chi connectivity index (χ0n) is 9.39. The van der Waals surface area contributed by atoms with Gasteiger partial charge in [-0.25, -0.2) is 9.97 Å². The van der Waals surface area contributed by atoms with Crippen LogP contribution in [0.3, 0.4) is 0 Å². The number of hydrogen-bond donors (Lipinski definition) is 1. The maximum atomic E-state index is 12.9. The van der Waals surface area contributed by atoms with E-state index in [2.05, 4.69) is 15.3 Å². The zero-order chi connectivity index (χ0) is 12.4. The van der Waals surface area contributed by atoms with Crippen LogP contribution in [0.5, 0.6) is 11.5 Å². The quantitative estimate of drug-likeness (QED) is 0.824. The van der Waals surface area contributed by atoms with Gasteiger partial charge in [-0.3, -0.25) is 0 Å². The van der Waals surface area contributed by atoms with Gasteiger partial charge in [0.25, 0.3) is 0 Å². The van der Waals surface area contributed by atoms with E-state index in [1.54, 1.807) is 12.1 Å². The lowest BCUT2D eigenvalue weighted by Gasteiger charge is -2.19. The second-order valence-electron chi connectivity index (χ2n) is 3.71. The number of hydrogen-bond acceptors (Lipinski definition) is 5. The molecule has 1 aliphatic rings. The van der Waals surface area contributed by atoms with Crippen molar-refractivity contribution in [2.24, 2.45) is 0 Å². The predicted octanol–water partition coefficient (Wildman–Crippen LogP) is 2.13. The standard InChI is InChI=1S/C12H10FN3O2/c13-11-6-12(15-7-14-11)16-8-1-2-9-10(5-8)18-4-3-17-9/h1-2,5-7H,3-4H2,(H,14,15,16). The molecule has 0 spiro atoms. The summed E-state index contributed by atoms with van der Waals surface area (Å²) in [4.78, 5) is 7.30. The highest BCUT2D eigenvalue weighted by Gasteiger charge is 2.11. The maximum Gasteiger partial charge on any atom is 0.218 e. The summed E-state index contributed by atoms with van der Waals surface area (Å²) in [6, 6.07) is 6.62. The van der Waals surface area contributed by atoms with Crippen LogP contribution in [-0.4, -0.2) is 23.2 Å². The molecule has 0 atom stereocenters. The molecular weight excluding hydrogens is 237 g/mol. The molecule has 1 aromatic heterocycles. The van der Waals surface area contributed by atoms with Crippen molar-refractivity contribution in [1.29, 1.82) is 0 Å². The van der Waals surface area contributed by atoms with Crippen LogP contribution in [0, 0.1) is 5.95 Å². The van der Waals surface area contributed by atoms with Crippen LogP contribution < -0.4 is 14.8 Å². The summed E-state index contributed by atoms with van der Waals surface area (Å²) in [6.45, 7) is 1.08. The lowest BCUT2D eigenvalue weighted by molar-refractivity contribution is 0.171. The SMILES string of the molecule is Fc1cc(Nc2ccc3c(c2)OCCO3)ncn1. The van der Waals surface area contributed by atoms with Crippen molar-refractivity contribution < 1.29 is 13.9 Å². The molecule has 0 saturated carbocycles. The van der Waals surface area contributed by atoms with E-state index < -0.39 is 5.95 Å². The van der Waals surface area contributed by atoms with E-state index in [1.165, 1.54) is 6.07 Å². The predicted molar refractivity (Wildman–Crippen MR) is 62.7 cm³/mol. The molecule has 1 aliphatic heterocycles. The number of benzene rings is 1. The van der Waals surface area contributed by atoms with E-state index in [9.17, 15) is 4.39 Å². The summed E-state index contributed by atoms with van der Waals surface area (Å²) >= 11 is 0. The number of nitrogens with one attached hydrogen (secondary N) is 1. The third-order valence-corrected chi connectivity index (χ3v) is 2.45. The van der Waals surface area contributed by atoms with Crippen LogP contribution in [0.15, 0.2) is 30.6 Å². The van der Waals surface area contributed by atoms with Gasteiger partial charge in [0.05, 0.1) is 0 Å². The van der Waals surface area contributed by atoms with E-state index in [1.807, 2.05) is 6.07 Å². The maximum absolute atomic E-state index is 12.9. The highest BCUT2D eigenvalue weighted by molar-refractivity contribution is 5.61. The van der Waals surface area contributed by atoms with Crippen molar-refractivity contribution in [3.63, 3.8) is 0 Å². The number of anilines is 2. The zero-order valence-corrected chi connectivity index (χ0v) is 9.39. The largest absolute Gasteiger partial charge is 0.486 e. The van der Waals surface area contributed by atoms with Gasteiger partial charge in [0.1, 0.15) is 25.4 Å². The van der Waals surface area contributed by atoms with E-state index in [0.29, 0.717) is 30.5 Å². The molecule has 1 aromatic carbocycles. The monoisotopic (exact) mass is 247 g/mol. The third-order valence-electron chi connectivity index (χ3n) is 2.45. The van der Waals surface area contributed by atoms with Crippen LogP contribution in [0.1, 0.15) is 0 Å². The Hall–Kier alpha value is -2.37. The molecule has 0 fully saturated rings. The summed E-state index contributed by atoms with van der Waals surface area (Å²) in [7, 11) is 0. The number of halogens is 1. The van der Waals surface area contributed by atoms with Gasteiger partial charge in [-0.1, -0.05) is 0 Å². The summed E-state index contributed by atoms with van der Waals surface area (Å²) < 4.78 is 23.8. The second kappa shape index (κ2) is 4.48. The highest BCUT2D eigenvalue weighted by Crippen LogP contribution is 2.33. The molecule has 1 N–H and O–H groups in total. The van der Waals surface area contributed by atoms with E-state index in [-0.39, 0.29) is 0 Å². The molecule has 0 aliphatic carbocycles. The summed E-state index contributed by atoms with van der Waals surface area (Å²) in [5.74, 6) is 1.19. The van der Waals surface area contributed by atoms with Crippen molar-refractivity contribution in [2.45, 2.75) is 0 Å². The van der Waals surface area contributed by atoms with Crippen molar-refractivity contribution in [3.8, 4) is 11.5 Å². The van der Waals surface area contributed by atoms with Gasteiger partial charge in [0.15, 0.2) is 11.5 Å². The Morgan fingerprint density at radius 1 is 1.06 bits per heavy atom. The normalized spacial score (nSPS) is 13.2. The van der Waals surface area contributed by atoms with E-state index in [0.717, 1.165) is 12.0 Å². The van der Waals surface area contributed by atoms with Gasteiger partial charge in [0.2, 0.25) is 5.95 Å². The van der Waals surface area contributed by atoms with Gasteiger partial charge in [0, 0.05) is 17.8 Å². The van der Waals surface area contributed by atoms with Crippen LogP contribution in [0.4, 0.5) is 15.9 Å². The molecule has 0 amide bonds. The van der Waals surface area contributed by atoms with Gasteiger partial charge >= 0.3 is 0 Å². The fourth-order valence-electron chi connectivity index (χ4n) is 1.67. The van der Waals surface area contributed by atoms with Crippen LogP contribution >= 0.6 is 0 Å². The molecule has 6 heteroatoms. The van der Waals surface area contributed by atoms with Gasteiger partial charge in [-0.05, 0) is 12.1 Å². The Labute approximate surface area is 103 Å². The molecule has 5 nitrogen and oxygen atoms in total. The molecule has 0 unspecified atom stereocenters. The summed E-state index contributed by atoms with van der Waals surface area (Å²) in [5.41, 5.74) is 0.748. The molecule has 2 aromatic rings. The molecule has 2 heterocycles. The molecule has 3 rings (SSSR count). The first-order valence-electron chi connectivity index (χ1n) is 5.45. The van der Waals surface area contributed by atoms with Crippen LogP contribution in [0.25, 0.3) is 0 Å². The molecular formula is C12H10FN3O2. The van der Waals surface area contributed by atoms with Crippen LogP contribution in [-0.2, 0) is 0 Å². The topological polar surface area (TPSA) is 56.3 Å². The Kier molecular flexibility index (Phi) is 2.68. The molecule has 0 saturated heterocycles. The number of ether oxygens (including phenoxy) is 2. The fourth-order valence-corrected chi connectivity index (χ4v) is 1.67. The second-order valence-corrected chi connectivity index (χ2v) is 3.71. The Balaban J connectivity index is 1.85. The summed E-state index contributed by atoms with van der Waals surface area (Å²) in [5, 5.41) is 2.97. The highest BCUT2D eigenvalue weighted by atomic mass is 19.1. The molecule has 0 radical (unpaired) electrons. The average Bonchev–Trinajstić information content (AvgIpc) is 2.39. The van der Waals surface area contributed by atoms with Gasteiger partial charge < -0.3 is 14.8 Å². The molecule has 18 heavy (non-hydrogen) atoms. The van der Waals surface area contributed by atoms with Crippen molar-refractivity contribution in [1.82, 2.24) is 9.97 Å². The van der Waals surface area contributed by atoms with Crippen molar-refractivity contribution >= 4 is 11.5 Å². The Morgan fingerprint density at radius 3 is 2.72 bits per heavy atom. The smallest absolute Gasteiger partial charge is 0.218 e. The minimum atomic E-state index is -0.579. The minimum absolute atomic E-state index is 0.388. The Bertz CT molecular complexity index is 577. The van der Waals surface area contributed by atoms with Crippen molar-refractivity contribution in [2.75, 3.05) is 18.5 Å². The van der Waals surface area contributed by atoms with Crippen molar-refractivity contribution in [3.05, 3.63) is 36.5 Å². The molecule has 0 bridgehead atoms. The number of fused-ring (bicyclic) bond motifs is 1. The van der Waals surface area contributed by atoms with Gasteiger partial charge in [-0.15, -0.1) is 0 Å². The number of nitrogens with zero attached hydrogens (tertiary/aromatic N) is 2. The number of rotatable bonds is 2. The lowest BCUT2D eigenvalue weighted by atomic mass is 10.2. The lowest BCUT2D eigenvalue weighted by Crippen LogP contribution is -2.15. The summed E-state index contributed by atoms with van der Waals surface area (Å²) in [6.07, 6.45) is 1.16. The first-order chi connectivity index (χ1) is 8.81.